The van der Waals surface area contributed by atoms with Crippen LogP contribution in [0, 0.1) is 0 Å². The van der Waals surface area contributed by atoms with Gasteiger partial charge in [-0.15, -0.1) is 0 Å². The highest BCUT2D eigenvalue weighted by Crippen LogP contribution is 2.14. The first-order valence-electron chi connectivity index (χ1n) is 4.58. The van der Waals surface area contributed by atoms with E-state index in [1.54, 1.807) is 0 Å². The van der Waals surface area contributed by atoms with E-state index in [0.29, 0.717) is 11.5 Å². The highest BCUT2D eigenvalue weighted by atomic mass is 16.1. The number of carbonyl (C=O) groups excluding carboxylic acids is 2. The maximum atomic E-state index is 11.3. The molecule has 0 amide bonds. The van der Waals surface area contributed by atoms with Gasteiger partial charge < -0.3 is 4.98 Å². The van der Waals surface area contributed by atoms with E-state index in [1.165, 1.54) is 12.2 Å². The first-order valence-corrected chi connectivity index (χ1v) is 4.58. The summed E-state index contributed by atoms with van der Waals surface area (Å²) in [5.74, 6) is 0.343. The van der Waals surface area contributed by atoms with Gasteiger partial charge in [0.2, 0.25) is 11.6 Å². The van der Waals surface area contributed by atoms with Crippen LogP contribution in [-0.4, -0.2) is 21.5 Å². The fraction of sp³-hybridized carbons (Fsp3) is 0.300. The van der Waals surface area contributed by atoms with Crippen LogP contribution in [-0.2, 0) is 6.42 Å². The van der Waals surface area contributed by atoms with Gasteiger partial charge >= 0.3 is 0 Å². The summed E-state index contributed by atoms with van der Waals surface area (Å²) in [5, 5.41) is 0. The molecule has 1 aliphatic rings. The van der Waals surface area contributed by atoms with Crippen LogP contribution in [0.2, 0.25) is 0 Å². The van der Waals surface area contributed by atoms with Crippen molar-refractivity contribution in [3.05, 3.63) is 29.4 Å². The first-order chi connectivity index (χ1) is 6.72. The van der Waals surface area contributed by atoms with Gasteiger partial charge in [-0.1, -0.05) is 6.92 Å². The molecule has 14 heavy (non-hydrogen) atoms. The summed E-state index contributed by atoms with van der Waals surface area (Å²) >= 11 is 0. The zero-order valence-electron chi connectivity index (χ0n) is 7.83. The van der Waals surface area contributed by atoms with Crippen molar-refractivity contribution in [2.45, 2.75) is 19.8 Å². The molecule has 4 nitrogen and oxygen atoms in total. The molecule has 0 aromatic carbocycles. The Hall–Kier alpha value is -1.71. The minimum absolute atomic E-state index is 0.172. The lowest BCUT2D eigenvalue weighted by Gasteiger charge is -1.98. The lowest BCUT2D eigenvalue weighted by molar-refractivity contribution is 0.0989. The number of nitrogens with zero attached hydrogens (tertiary/aromatic N) is 1. The predicted molar refractivity (Wildman–Crippen MR) is 50.4 cm³/mol. The summed E-state index contributed by atoms with van der Waals surface area (Å²) in [4.78, 5) is 29.6. The van der Waals surface area contributed by atoms with Crippen LogP contribution in [0.1, 0.15) is 40.1 Å². The normalized spacial score (nSPS) is 14.6. The molecular weight excluding hydrogens is 180 g/mol. The molecule has 1 aliphatic carbocycles. The number of hydrogen-bond donors (Lipinski definition) is 1. The Morgan fingerprint density at radius 3 is 2.64 bits per heavy atom. The smallest absolute Gasteiger partial charge is 0.206 e. The van der Waals surface area contributed by atoms with Crippen molar-refractivity contribution in [1.82, 2.24) is 9.97 Å². The van der Waals surface area contributed by atoms with Crippen molar-refractivity contribution >= 4 is 11.6 Å². The van der Waals surface area contributed by atoms with Crippen molar-refractivity contribution in [2.24, 2.45) is 0 Å². The number of rotatable bonds is 2. The third kappa shape index (κ3) is 1.28. The number of carbonyl (C=O) groups is 2. The van der Waals surface area contributed by atoms with Crippen LogP contribution in [0.3, 0.4) is 0 Å². The number of fused-ring (bicyclic) bond motifs is 1. The van der Waals surface area contributed by atoms with E-state index in [2.05, 4.69) is 9.97 Å². The zero-order chi connectivity index (χ0) is 10.1. The second kappa shape index (κ2) is 3.21. The largest absolute Gasteiger partial charge is 0.339 e. The van der Waals surface area contributed by atoms with Gasteiger partial charge in [0, 0.05) is 6.42 Å². The molecule has 1 heterocycles. The van der Waals surface area contributed by atoms with E-state index in [4.69, 9.17) is 0 Å². The average Bonchev–Trinajstić information content (AvgIpc) is 2.57. The Labute approximate surface area is 81.0 Å². The number of hydrogen-bond acceptors (Lipinski definition) is 3. The molecular formula is C10H10N2O2. The molecule has 0 saturated heterocycles. The van der Waals surface area contributed by atoms with Gasteiger partial charge in [-0.3, -0.25) is 9.59 Å². The quantitative estimate of drug-likeness (QED) is 0.764. The van der Waals surface area contributed by atoms with Crippen LogP contribution < -0.4 is 0 Å². The molecule has 4 heteroatoms. The molecule has 0 atom stereocenters. The highest BCUT2D eigenvalue weighted by Gasteiger charge is 2.23. The molecule has 0 spiro atoms. The lowest BCUT2D eigenvalue weighted by atomic mass is 10.1. The number of aryl methyl sites for hydroxylation is 1. The number of aromatic nitrogens is 2. The fourth-order valence-electron chi connectivity index (χ4n) is 1.45. The maximum absolute atomic E-state index is 11.3. The Morgan fingerprint density at radius 2 is 2.00 bits per heavy atom. The molecule has 0 unspecified atom stereocenters. The molecule has 0 fully saturated rings. The SMILES string of the molecule is CCCc1nc2c([nH]1)C(=O)C=CC2=O. The van der Waals surface area contributed by atoms with Crippen LogP contribution in [0.15, 0.2) is 12.2 Å². The molecule has 72 valence electrons. The summed E-state index contributed by atoms with van der Waals surface area (Å²) in [5.41, 5.74) is 0.599. The number of H-pyrrole nitrogens is 1. The van der Waals surface area contributed by atoms with Crippen molar-refractivity contribution in [3.8, 4) is 0 Å². The van der Waals surface area contributed by atoms with E-state index in [9.17, 15) is 9.59 Å². The topological polar surface area (TPSA) is 62.8 Å². The average molecular weight is 190 g/mol. The lowest BCUT2D eigenvalue weighted by Crippen LogP contribution is -2.10. The van der Waals surface area contributed by atoms with Crippen LogP contribution in [0.4, 0.5) is 0 Å². The summed E-state index contributed by atoms with van der Waals surface area (Å²) in [6.07, 6.45) is 4.23. The van der Waals surface area contributed by atoms with Crippen molar-refractivity contribution < 1.29 is 9.59 Å². The summed E-state index contributed by atoms with van der Waals surface area (Å²) < 4.78 is 0. The van der Waals surface area contributed by atoms with E-state index in [-0.39, 0.29) is 17.3 Å². The van der Waals surface area contributed by atoms with Crippen LogP contribution in [0.25, 0.3) is 0 Å². The number of ketones is 2. The number of aromatic amines is 1. The third-order valence-electron chi connectivity index (χ3n) is 2.11. The molecule has 0 saturated carbocycles. The van der Waals surface area contributed by atoms with Crippen LogP contribution >= 0.6 is 0 Å². The Kier molecular flexibility index (Phi) is 2.04. The van der Waals surface area contributed by atoms with Gasteiger partial charge in [0.05, 0.1) is 0 Å². The van der Waals surface area contributed by atoms with Crippen molar-refractivity contribution in [3.63, 3.8) is 0 Å². The van der Waals surface area contributed by atoms with Gasteiger partial charge in [0.1, 0.15) is 17.2 Å². The van der Waals surface area contributed by atoms with Gasteiger partial charge in [-0.05, 0) is 18.6 Å². The second-order valence-corrected chi connectivity index (χ2v) is 3.22. The summed E-state index contributed by atoms with van der Waals surface area (Å²) in [6.45, 7) is 2.02. The second-order valence-electron chi connectivity index (χ2n) is 3.22. The number of imidazole rings is 1. The molecule has 0 bridgehead atoms. The minimum Gasteiger partial charge on any atom is -0.339 e. The monoisotopic (exact) mass is 190 g/mol. The van der Waals surface area contributed by atoms with E-state index in [1.807, 2.05) is 6.92 Å². The third-order valence-corrected chi connectivity index (χ3v) is 2.11. The van der Waals surface area contributed by atoms with Gasteiger partial charge in [0.15, 0.2) is 0 Å². The van der Waals surface area contributed by atoms with Crippen LogP contribution in [0.5, 0.6) is 0 Å². The molecule has 2 rings (SSSR count). The first kappa shape index (κ1) is 8.87. The molecule has 0 aliphatic heterocycles. The molecule has 1 aromatic heterocycles. The van der Waals surface area contributed by atoms with E-state index < -0.39 is 0 Å². The number of nitrogens with one attached hydrogen (secondary N) is 1. The Morgan fingerprint density at radius 1 is 1.29 bits per heavy atom. The minimum atomic E-state index is -0.196. The van der Waals surface area contributed by atoms with Crippen molar-refractivity contribution in [1.29, 1.82) is 0 Å². The van der Waals surface area contributed by atoms with Gasteiger partial charge in [-0.25, -0.2) is 4.98 Å². The standard InChI is InChI=1S/C10H10N2O2/c1-2-3-8-11-9-6(13)4-5-7(14)10(9)12-8/h4-5H,2-3H2,1H3,(H,11,12). The van der Waals surface area contributed by atoms with E-state index >= 15 is 0 Å². The molecule has 1 N–H and O–H groups in total. The molecule has 1 aromatic rings. The summed E-state index contributed by atoms with van der Waals surface area (Å²) in [7, 11) is 0. The zero-order valence-corrected chi connectivity index (χ0v) is 7.83. The fourth-order valence-corrected chi connectivity index (χ4v) is 1.45. The highest BCUT2D eigenvalue weighted by molar-refractivity contribution is 6.20. The Bertz CT molecular complexity index is 394. The predicted octanol–water partition coefficient (Wildman–Crippen LogP) is 1.30. The summed E-state index contributed by atoms with van der Waals surface area (Å²) in [6, 6.07) is 0. The van der Waals surface area contributed by atoms with Gasteiger partial charge in [0.25, 0.3) is 0 Å². The molecule has 0 radical (unpaired) electrons. The Balaban J connectivity index is 2.45. The van der Waals surface area contributed by atoms with Crippen molar-refractivity contribution in [2.75, 3.05) is 0 Å². The maximum Gasteiger partial charge on any atom is 0.206 e. The van der Waals surface area contributed by atoms with E-state index in [0.717, 1.165) is 12.8 Å². The number of allylic oxidation sites excluding steroid dienone is 2. The van der Waals surface area contributed by atoms with Gasteiger partial charge in [-0.2, -0.15) is 0 Å².